The molecule has 0 saturated carbocycles. The summed E-state index contributed by atoms with van der Waals surface area (Å²) in [5.41, 5.74) is 0. The molecule has 62 valence electrons. The molecule has 0 heterocycles. The molecular formula is C8H21N2+. The second kappa shape index (κ2) is 3.94. The maximum absolute atomic E-state index is 2.43. The summed E-state index contributed by atoms with van der Waals surface area (Å²) in [7, 11) is 4.49. The van der Waals surface area contributed by atoms with Crippen molar-refractivity contribution in [3.8, 4) is 0 Å². The third kappa shape index (κ3) is 2.27. The Bertz CT molecular complexity index is 85.3. The van der Waals surface area contributed by atoms with Crippen LogP contribution < -0.4 is 0 Å². The molecule has 0 spiro atoms. The second-order valence-electron chi connectivity index (χ2n) is 3.08. The van der Waals surface area contributed by atoms with Crippen LogP contribution in [0, 0.1) is 0 Å². The minimum Gasteiger partial charge on any atom is -0.248 e. The third-order valence-corrected chi connectivity index (χ3v) is 2.27. The van der Waals surface area contributed by atoms with Crippen molar-refractivity contribution in [2.75, 3.05) is 33.7 Å². The molecule has 0 aromatic carbocycles. The van der Waals surface area contributed by atoms with Gasteiger partial charge in [-0.05, 0) is 20.8 Å². The summed E-state index contributed by atoms with van der Waals surface area (Å²) in [6, 6.07) is 0. The first kappa shape index (κ1) is 9.92. The Balaban J connectivity index is 3.97. The van der Waals surface area contributed by atoms with Crippen molar-refractivity contribution in [1.29, 1.82) is 0 Å². The molecule has 0 rings (SSSR count). The van der Waals surface area contributed by atoms with Crippen LogP contribution in [-0.4, -0.2) is 43.3 Å². The zero-order valence-corrected chi connectivity index (χ0v) is 8.02. The number of hydrogen-bond acceptors (Lipinski definition) is 1. The third-order valence-electron chi connectivity index (χ3n) is 2.27. The maximum Gasteiger partial charge on any atom is 0.0931 e. The van der Waals surface area contributed by atoms with E-state index in [2.05, 4.69) is 39.9 Å². The molecular weight excluding hydrogens is 124 g/mol. The molecule has 0 atom stereocenters. The average Bonchev–Trinajstić information content (AvgIpc) is 1.90. The fourth-order valence-corrected chi connectivity index (χ4v) is 1.19. The van der Waals surface area contributed by atoms with Crippen LogP contribution in [0.1, 0.15) is 20.8 Å². The van der Waals surface area contributed by atoms with Gasteiger partial charge < -0.3 is 0 Å². The van der Waals surface area contributed by atoms with Crippen LogP contribution in [0.25, 0.3) is 0 Å². The Morgan fingerprint density at radius 1 is 1.00 bits per heavy atom. The molecule has 0 amide bonds. The van der Waals surface area contributed by atoms with Crippen LogP contribution in [0.2, 0.25) is 0 Å². The number of rotatable bonds is 4. The van der Waals surface area contributed by atoms with E-state index in [-0.39, 0.29) is 0 Å². The standard InChI is InChI=1S/C8H21N2/c1-6-9(7-2)10(4,5)8-3/h6-8H2,1-5H3/q+1. The molecule has 0 unspecified atom stereocenters. The lowest BCUT2D eigenvalue weighted by Crippen LogP contribution is -2.54. The first-order chi connectivity index (χ1) is 4.58. The Hall–Kier alpha value is -0.0800. The summed E-state index contributed by atoms with van der Waals surface area (Å²) in [6.07, 6.45) is 0. The van der Waals surface area contributed by atoms with Crippen molar-refractivity contribution < 1.29 is 4.59 Å². The fraction of sp³-hybridized carbons (Fsp3) is 1.00. The molecule has 0 saturated heterocycles. The van der Waals surface area contributed by atoms with Crippen LogP contribution in [-0.2, 0) is 0 Å². The largest absolute Gasteiger partial charge is 0.248 e. The van der Waals surface area contributed by atoms with Crippen molar-refractivity contribution in [3.05, 3.63) is 0 Å². The first-order valence-electron chi connectivity index (χ1n) is 4.16. The Labute approximate surface area is 65.0 Å². The monoisotopic (exact) mass is 145 g/mol. The highest BCUT2D eigenvalue weighted by Crippen LogP contribution is 2.02. The summed E-state index contributed by atoms with van der Waals surface area (Å²) >= 11 is 0. The lowest BCUT2D eigenvalue weighted by molar-refractivity contribution is -1.00. The van der Waals surface area contributed by atoms with Crippen molar-refractivity contribution >= 4 is 0 Å². The van der Waals surface area contributed by atoms with Crippen molar-refractivity contribution in [2.24, 2.45) is 0 Å². The lowest BCUT2D eigenvalue weighted by atomic mass is 10.5. The number of hydrogen-bond donors (Lipinski definition) is 0. The van der Waals surface area contributed by atoms with Gasteiger partial charge in [0.1, 0.15) is 0 Å². The molecule has 0 aromatic heterocycles. The quantitative estimate of drug-likeness (QED) is 0.426. The van der Waals surface area contributed by atoms with E-state index in [1.807, 2.05) is 0 Å². The van der Waals surface area contributed by atoms with Gasteiger partial charge in [0.25, 0.3) is 0 Å². The summed E-state index contributed by atoms with van der Waals surface area (Å²) < 4.78 is 1.01. The smallest absolute Gasteiger partial charge is 0.0931 e. The zero-order valence-electron chi connectivity index (χ0n) is 8.02. The van der Waals surface area contributed by atoms with Gasteiger partial charge in [0.05, 0.1) is 20.6 Å². The van der Waals surface area contributed by atoms with Gasteiger partial charge in [-0.2, -0.15) is 5.01 Å². The van der Waals surface area contributed by atoms with E-state index in [0.717, 1.165) is 17.7 Å². The van der Waals surface area contributed by atoms with Gasteiger partial charge in [-0.1, -0.05) is 0 Å². The van der Waals surface area contributed by atoms with Crippen LogP contribution in [0.3, 0.4) is 0 Å². The molecule has 0 aliphatic carbocycles. The number of nitrogens with zero attached hydrogens (tertiary/aromatic N) is 2. The summed E-state index contributed by atoms with van der Waals surface area (Å²) in [5.74, 6) is 0. The molecule has 0 radical (unpaired) electrons. The summed E-state index contributed by atoms with van der Waals surface area (Å²) in [6.45, 7) is 10.1. The Kier molecular flexibility index (Phi) is 3.91. The molecule has 0 N–H and O–H groups in total. The molecule has 0 fully saturated rings. The number of quaternary nitrogens is 1. The van der Waals surface area contributed by atoms with Crippen LogP contribution >= 0.6 is 0 Å². The molecule has 0 bridgehead atoms. The fourth-order valence-electron chi connectivity index (χ4n) is 1.19. The van der Waals surface area contributed by atoms with Gasteiger partial charge in [0, 0.05) is 13.1 Å². The van der Waals surface area contributed by atoms with E-state index in [1.54, 1.807) is 0 Å². The first-order valence-corrected chi connectivity index (χ1v) is 4.16. The van der Waals surface area contributed by atoms with Gasteiger partial charge >= 0.3 is 0 Å². The van der Waals surface area contributed by atoms with Gasteiger partial charge in [-0.25, -0.2) is 4.59 Å². The summed E-state index contributed by atoms with van der Waals surface area (Å²) in [4.78, 5) is 0. The maximum atomic E-state index is 2.43. The SMILES string of the molecule is CCN(CC)[N+](C)(C)CC. The van der Waals surface area contributed by atoms with Crippen molar-refractivity contribution in [1.82, 2.24) is 5.01 Å². The van der Waals surface area contributed by atoms with Crippen molar-refractivity contribution in [2.45, 2.75) is 20.8 Å². The van der Waals surface area contributed by atoms with E-state index in [0.29, 0.717) is 0 Å². The van der Waals surface area contributed by atoms with E-state index in [4.69, 9.17) is 0 Å². The summed E-state index contributed by atoms with van der Waals surface area (Å²) in [5, 5.41) is 2.43. The predicted octanol–water partition coefficient (Wildman–Crippen LogP) is 1.34. The Morgan fingerprint density at radius 2 is 1.40 bits per heavy atom. The normalized spacial score (nSPS) is 12.6. The van der Waals surface area contributed by atoms with Crippen LogP contribution in [0.15, 0.2) is 0 Å². The van der Waals surface area contributed by atoms with E-state index in [9.17, 15) is 0 Å². The van der Waals surface area contributed by atoms with Gasteiger partial charge in [-0.15, -0.1) is 0 Å². The van der Waals surface area contributed by atoms with E-state index < -0.39 is 0 Å². The average molecular weight is 145 g/mol. The van der Waals surface area contributed by atoms with Crippen molar-refractivity contribution in [3.63, 3.8) is 0 Å². The highest BCUT2D eigenvalue weighted by atomic mass is 15.7. The van der Waals surface area contributed by atoms with Crippen LogP contribution in [0.5, 0.6) is 0 Å². The van der Waals surface area contributed by atoms with E-state index in [1.165, 1.54) is 6.54 Å². The molecule has 2 heteroatoms. The minimum absolute atomic E-state index is 1.01. The zero-order chi connectivity index (χ0) is 8.20. The second-order valence-corrected chi connectivity index (χ2v) is 3.08. The molecule has 0 aromatic rings. The van der Waals surface area contributed by atoms with Gasteiger partial charge in [-0.3, -0.25) is 0 Å². The molecule has 0 aliphatic rings. The van der Waals surface area contributed by atoms with Gasteiger partial charge in [0.2, 0.25) is 0 Å². The molecule has 2 nitrogen and oxygen atoms in total. The van der Waals surface area contributed by atoms with Gasteiger partial charge in [0.15, 0.2) is 0 Å². The Morgan fingerprint density at radius 3 is 1.50 bits per heavy atom. The van der Waals surface area contributed by atoms with E-state index >= 15 is 0 Å². The molecule has 0 aliphatic heterocycles. The predicted molar refractivity (Wildman–Crippen MR) is 45.6 cm³/mol. The van der Waals surface area contributed by atoms with Crippen LogP contribution in [0.4, 0.5) is 0 Å². The molecule has 10 heavy (non-hydrogen) atoms. The highest BCUT2D eigenvalue weighted by Gasteiger charge is 2.19. The lowest BCUT2D eigenvalue weighted by Gasteiger charge is -2.37. The highest BCUT2D eigenvalue weighted by molar-refractivity contribution is 4.33. The minimum atomic E-state index is 1.01. The topological polar surface area (TPSA) is 3.24 Å².